The molecular formula is C16H13Cl2N3O3S2. The van der Waals surface area contributed by atoms with E-state index >= 15 is 0 Å². The largest absolute Gasteiger partial charge is 0.333 e. The summed E-state index contributed by atoms with van der Waals surface area (Å²) in [7, 11) is -3.86. The summed E-state index contributed by atoms with van der Waals surface area (Å²) in [6.45, 7) is 1.86. The molecule has 3 rings (SSSR count). The average molecular weight is 430 g/mol. The van der Waals surface area contributed by atoms with Crippen molar-refractivity contribution in [2.24, 2.45) is 4.40 Å². The lowest BCUT2D eigenvalue weighted by Crippen LogP contribution is -2.22. The Morgan fingerprint density at radius 1 is 1.23 bits per heavy atom. The number of fused-ring (bicyclic) bond motifs is 1. The van der Waals surface area contributed by atoms with Gasteiger partial charge in [0.2, 0.25) is 5.91 Å². The molecule has 0 fully saturated rings. The molecule has 2 aromatic carbocycles. The maximum atomic E-state index is 12.2. The molecule has 0 atom stereocenters. The smallest absolute Gasteiger partial charge is 0.286 e. The number of thioether (sulfide) groups is 1. The van der Waals surface area contributed by atoms with Gasteiger partial charge in [-0.3, -0.25) is 4.79 Å². The maximum Gasteiger partial charge on any atom is 0.286 e. The van der Waals surface area contributed by atoms with Crippen LogP contribution >= 0.6 is 35.0 Å². The Morgan fingerprint density at radius 2 is 2.00 bits per heavy atom. The predicted molar refractivity (Wildman–Crippen MR) is 107 cm³/mol. The molecule has 1 aliphatic heterocycles. The summed E-state index contributed by atoms with van der Waals surface area (Å²) in [5.74, 6) is -0.325. The minimum atomic E-state index is -3.86. The summed E-state index contributed by atoms with van der Waals surface area (Å²) >= 11 is 12.8. The Kier molecular flexibility index (Phi) is 5.47. The van der Waals surface area contributed by atoms with Crippen molar-refractivity contribution in [3.05, 3.63) is 52.0 Å². The average Bonchev–Trinajstić information content (AvgIpc) is 2.57. The Balaban J connectivity index is 1.66. The monoisotopic (exact) mass is 429 g/mol. The molecule has 6 nitrogen and oxygen atoms in total. The maximum absolute atomic E-state index is 12.2. The summed E-state index contributed by atoms with van der Waals surface area (Å²) < 4.78 is 28.1. The molecule has 1 heterocycles. The summed E-state index contributed by atoms with van der Waals surface area (Å²) in [6.07, 6.45) is 0. The van der Waals surface area contributed by atoms with E-state index in [2.05, 4.69) is 15.0 Å². The predicted octanol–water partition coefficient (Wildman–Crippen LogP) is 4.14. The summed E-state index contributed by atoms with van der Waals surface area (Å²) in [6, 6.07) is 9.65. The number of hydrogen-bond acceptors (Lipinski definition) is 5. The van der Waals surface area contributed by atoms with Gasteiger partial charge in [0.15, 0.2) is 5.17 Å². The molecular weight excluding hydrogens is 417 g/mol. The molecule has 0 spiro atoms. The van der Waals surface area contributed by atoms with Gasteiger partial charge in [-0.05, 0) is 42.8 Å². The van der Waals surface area contributed by atoms with Crippen LogP contribution in [0.2, 0.25) is 10.0 Å². The summed E-state index contributed by atoms with van der Waals surface area (Å²) in [5, 5.41) is 6.57. The molecule has 136 valence electrons. The molecule has 0 aromatic heterocycles. The van der Waals surface area contributed by atoms with Gasteiger partial charge in [0.25, 0.3) is 10.0 Å². The summed E-state index contributed by atoms with van der Waals surface area (Å²) in [5.41, 5.74) is 1.85. The zero-order valence-electron chi connectivity index (χ0n) is 13.4. The number of benzene rings is 2. The van der Waals surface area contributed by atoms with Gasteiger partial charge in [-0.2, -0.15) is 8.42 Å². The first-order chi connectivity index (χ1) is 12.2. The third-order valence-corrected chi connectivity index (χ3v) is 6.41. The Bertz CT molecular complexity index is 1020. The van der Waals surface area contributed by atoms with E-state index in [4.69, 9.17) is 23.2 Å². The molecule has 1 aliphatic rings. The number of carbonyl (C=O) groups excluding carboxylic acids is 1. The Morgan fingerprint density at radius 3 is 2.73 bits per heavy atom. The fourth-order valence-corrected chi connectivity index (χ4v) is 4.65. The number of amides is 1. The standard InChI is InChI=1S/C16H13Cl2N3O3S2/c1-9-2-4-11(7-12(9)18)19-15(22)8-25-16-20-13-5-3-10(17)6-14(13)26(23,24)21-16/h2-7H,8H2,1H3,(H,19,22)(H,20,21). The number of amidine groups is 1. The van der Waals surface area contributed by atoms with Crippen LogP contribution < -0.4 is 10.6 Å². The van der Waals surface area contributed by atoms with Crippen molar-refractivity contribution in [3.63, 3.8) is 0 Å². The van der Waals surface area contributed by atoms with E-state index in [1.54, 1.807) is 30.3 Å². The van der Waals surface area contributed by atoms with Crippen molar-refractivity contribution in [1.82, 2.24) is 0 Å². The van der Waals surface area contributed by atoms with E-state index in [0.717, 1.165) is 17.3 Å². The first-order valence-corrected chi connectivity index (χ1v) is 10.5. The van der Waals surface area contributed by atoms with Crippen molar-refractivity contribution in [2.75, 3.05) is 16.4 Å². The molecule has 2 aromatic rings. The number of rotatable bonds is 3. The van der Waals surface area contributed by atoms with Crippen LogP contribution in [0.1, 0.15) is 5.56 Å². The molecule has 0 saturated heterocycles. The Hall–Kier alpha value is -1.74. The second kappa shape index (κ2) is 7.48. The van der Waals surface area contributed by atoms with Crippen molar-refractivity contribution in [2.45, 2.75) is 11.8 Å². The van der Waals surface area contributed by atoms with Gasteiger partial charge in [0.1, 0.15) is 4.90 Å². The quantitative estimate of drug-likeness (QED) is 0.764. The van der Waals surface area contributed by atoms with Crippen molar-refractivity contribution < 1.29 is 13.2 Å². The first-order valence-electron chi connectivity index (χ1n) is 7.35. The third-order valence-electron chi connectivity index (χ3n) is 3.46. The molecule has 10 heteroatoms. The molecule has 0 aliphatic carbocycles. The van der Waals surface area contributed by atoms with Crippen LogP contribution in [0, 0.1) is 6.92 Å². The van der Waals surface area contributed by atoms with Gasteiger partial charge in [-0.1, -0.05) is 41.0 Å². The highest BCUT2D eigenvalue weighted by Crippen LogP contribution is 2.31. The topological polar surface area (TPSA) is 87.6 Å². The number of nitrogens with zero attached hydrogens (tertiary/aromatic N) is 1. The fourth-order valence-electron chi connectivity index (χ4n) is 2.17. The second-order valence-electron chi connectivity index (χ2n) is 5.44. The van der Waals surface area contributed by atoms with Crippen molar-refractivity contribution in [1.29, 1.82) is 0 Å². The third kappa shape index (κ3) is 4.32. The van der Waals surface area contributed by atoms with Crippen LogP contribution in [-0.4, -0.2) is 25.2 Å². The van der Waals surface area contributed by atoms with Crippen molar-refractivity contribution >= 4 is 67.4 Å². The second-order valence-corrected chi connectivity index (χ2v) is 8.82. The highest BCUT2D eigenvalue weighted by Gasteiger charge is 2.25. The minimum absolute atomic E-state index is 0.00750. The van der Waals surface area contributed by atoms with Crippen LogP contribution in [0.25, 0.3) is 0 Å². The number of aryl methyl sites for hydroxylation is 1. The van der Waals surface area contributed by atoms with Gasteiger partial charge in [0, 0.05) is 15.7 Å². The van der Waals surface area contributed by atoms with Gasteiger partial charge < -0.3 is 10.6 Å². The molecule has 26 heavy (non-hydrogen) atoms. The number of sulfonamides is 1. The van der Waals surface area contributed by atoms with Crippen LogP contribution in [0.5, 0.6) is 0 Å². The Labute approximate surface area is 165 Å². The van der Waals surface area contributed by atoms with E-state index in [1.165, 1.54) is 6.07 Å². The summed E-state index contributed by atoms with van der Waals surface area (Å²) in [4.78, 5) is 12.1. The van der Waals surface area contributed by atoms with Crippen LogP contribution in [0.3, 0.4) is 0 Å². The van der Waals surface area contributed by atoms with E-state index in [9.17, 15) is 13.2 Å². The van der Waals surface area contributed by atoms with E-state index in [0.29, 0.717) is 21.4 Å². The van der Waals surface area contributed by atoms with Gasteiger partial charge in [-0.25, -0.2) is 0 Å². The number of hydrogen-bond donors (Lipinski definition) is 2. The highest BCUT2D eigenvalue weighted by atomic mass is 35.5. The molecule has 2 N–H and O–H groups in total. The number of anilines is 2. The van der Waals surface area contributed by atoms with E-state index < -0.39 is 10.0 Å². The SMILES string of the molecule is Cc1ccc(NC(=O)CSC2=NS(=O)(=O)c3cc(Cl)ccc3N2)cc1Cl. The van der Waals surface area contributed by atoms with Gasteiger partial charge in [0.05, 0.1) is 11.4 Å². The van der Waals surface area contributed by atoms with E-state index in [1.807, 2.05) is 6.92 Å². The zero-order valence-corrected chi connectivity index (χ0v) is 16.6. The van der Waals surface area contributed by atoms with Crippen LogP contribution in [-0.2, 0) is 14.8 Å². The lowest BCUT2D eigenvalue weighted by Gasteiger charge is -2.17. The van der Waals surface area contributed by atoms with Crippen LogP contribution in [0.4, 0.5) is 11.4 Å². The minimum Gasteiger partial charge on any atom is -0.333 e. The normalized spacial score (nSPS) is 14.8. The molecule has 0 saturated carbocycles. The van der Waals surface area contributed by atoms with Gasteiger partial charge in [-0.15, -0.1) is 4.40 Å². The fraction of sp³-hybridized carbons (Fsp3) is 0.125. The molecule has 0 unspecified atom stereocenters. The highest BCUT2D eigenvalue weighted by molar-refractivity contribution is 8.15. The first kappa shape index (κ1) is 19.0. The number of halogens is 2. The van der Waals surface area contributed by atoms with Crippen LogP contribution in [0.15, 0.2) is 45.7 Å². The zero-order chi connectivity index (χ0) is 18.9. The molecule has 0 bridgehead atoms. The lowest BCUT2D eigenvalue weighted by atomic mass is 10.2. The van der Waals surface area contributed by atoms with E-state index in [-0.39, 0.29) is 21.7 Å². The number of nitrogens with one attached hydrogen (secondary N) is 2. The van der Waals surface area contributed by atoms with Gasteiger partial charge >= 0.3 is 0 Å². The number of carbonyl (C=O) groups is 1. The van der Waals surface area contributed by atoms with Crippen molar-refractivity contribution in [3.8, 4) is 0 Å². The lowest BCUT2D eigenvalue weighted by molar-refractivity contribution is -0.113. The molecule has 0 radical (unpaired) electrons. The molecule has 1 amide bonds.